The zero-order valence-corrected chi connectivity index (χ0v) is 14.7. The molecule has 1 atom stereocenters. The van der Waals surface area contributed by atoms with Crippen molar-refractivity contribution in [1.82, 2.24) is 20.0 Å². The maximum atomic E-state index is 12.1. The van der Waals surface area contributed by atoms with Crippen LogP contribution in [0.5, 0.6) is 0 Å². The van der Waals surface area contributed by atoms with Gasteiger partial charge < -0.3 is 14.4 Å². The van der Waals surface area contributed by atoms with Crippen molar-refractivity contribution in [3.8, 4) is 23.0 Å². The number of hydrogen-bond donors (Lipinski definition) is 1. The largest absolute Gasteiger partial charge is 0.352 e. The van der Waals surface area contributed by atoms with Gasteiger partial charge >= 0.3 is 0 Å². The summed E-state index contributed by atoms with van der Waals surface area (Å²) in [5.74, 6) is 0.897. The fraction of sp³-hybridized carbons (Fsp3) is 0.316. The number of carbonyl (C=O) groups excluding carboxylic acids is 1. The summed E-state index contributed by atoms with van der Waals surface area (Å²) in [5, 5.41) is 7.01. The van der Waals surface area contributed by atoms with E-state index in [4.69, 9.17) is 4.52 Å². The van der Waals surface area contributed by atoms with Gasteiger partial charge in [0, 0.05) is 17.8 Å². The Morgan fingerprint density at radius 3 is 2.76 bits per heavy atom. The van der Waals surface area contributed by atoms with E-state index in [0.29, 0.717) is 11.7 Å². The molecule has 2 aromatic heterocycles. The van der Waals surface area contributed by atoms with Gasteiger partial charge in [-0.05, 0) is 32.4 Å². The molecule has 0 unspecified atom stereocenters. The second-order valence-electron chi connectivity index (χ2n) is 6.19. The highest BCUT2D eigenvalue weighted by Gasteiger charge is 2.16. The van der Waals surface area contributed by atoms with Gasteiger partial charge in [0.2, 0.25) is 11.7 Å². The van der Waals surface area contributed by atoms with E-state index in [1.54, 1.807) is 0 Å². The maximum Gasteiger partial charge on any atom is 0.274 e. The molecule has 0 saturated heterocycles. The van der Waals surface area contributed by atoms with Gasteiger partial charge in [0.05, 0.1) is 0 Å². The molecule has 1 N–H and O–H groups in total. The van der Waals surface area contributed by atoms with Gasteiger partial charge in [-0.3, -0.25) is 4.79 Å². The molecule has 1 aromatic carbocycles. The topological polar surface area (TPSA) is 73.0 Å². The molecule has 6 heteroatoms. The number of amides is 1. The molecule has 2 heterocycles. The minimum absolute atomic E-state index is 0.0370. The van der Waals surface area contributed by atoms with E-state index in [2.05, 4.69) is 15.5 Å². The lowest BCUT2D eigenvalue weighted by Crippen LogP contribution is -2.34. The van der Waals surface area contributed by atoms with Crippen LogP contribution in [0.15, 0.2) is 47.1 Å². The Labute approximate surface area is 146 Å². The molecule has 0 saturated carbocycles. The number of nitrogens with one attached hydrogen (secondary N) is 1. The Morgan fingerprint density at radius 1 is 1.28 bits per heavy atom. The van der Waals surface area contributed by atoms with Crippen molar-refractivity contribution in [2.75, 3.05) is 0 Å². The SMILES string of the molecule is CC[C@@H](C)NC(=O)Cn1cccc1-c1nc(-c2ccc(C)cc2)no1. The summed E-state index contributed by atoms with van der Waals surface area (Å²) in [6.07, 6.45) is 2.73. The summed E-state index contributed by atoms with van der Waals surface area (Å²) < 4.78 is 7.21. The predicted octanol–water partition coefficient (Wildman–Crippen LogP) is 3.43. The molecule has 1 amide bonds. The molecule has 0 aliphatic carbocycles. The molecule has 25 heavy (non-hydrogen) atoms. The second-order valence-corrected chi connectivity index (χ2v) is 6.19. The first kappa shape index (κ1) is 17.0. The molecule has 0 fully saturated rings. The highest BCUT2D eigenvalue weighted by atomic mass is 16.5. The summed E-state index contributed by atoms with van der Waals surface area (Å²) >= 11 is 0. The first-order valence-corrected chi connectivity index (χ1v) is 8.42. The summed E-state index contributed by atoms with van der Waals surface area (Å²) in [5.41, 5.74) is 2.80. The van der Waals surface area contributed by atoms with Crippen LogP contribution < -0.4 is 5.32 Å². The quantitative estimate of drug-likeness (QED) is 0.747. The van der Waals surface area contributed by atoms with E-state index in [1.807, 2.05) is 67.9 Å². The summed E-state index contributed by atoms with van der Waals surface area (Å²) in [6.45, 7) is 6.27. The number of aryl methyl sites for hydroxylation is 1. The number of nitrogens with zero attached hydrogens (tertiary/aromatic N) is 3. The van der Waals surface area contributed by atoms with Gasteiger partial charge in [0.1, 0.15) is 12.2 Å². The lowest BCUT2D eigenvalue weighted by Gasteiger charge is -2.12. The van der Waals surface area contributed by atoms with Gasteiger partial charge in [-0.2, -0.15) is 4.98 Å². The van der Waals surface area contributed by atoms with Crippen LogP contribution in [0, 0.1) is 6.92 Å². The molecule has 0 aliphatic heterocycles. The van der Waals surface area contributed by atoms with Crippen molar-refractivity contribution in [2.45, 2.75) is 39.8 Å². The fourth-order valence-corrected chi connectivity index (χ4v) is 2.47. The Kier molecular flexibility index (Phi) is 4.97. The first-order valence-electron chi connectivity index (χ1n) is 8.42. The molecule has 0 spiro atoms. The predicted molar refractivity (Wildman–Crippen MR) is 95.8 cm³/mol. The van der Waals surface area contributed by atoms with Gasteiger partial charge in [-0.25, -0.2) is 0 Å². The normalized spacial score (nSPS) is 12.1. The molecule has 0 radical (unpaired) electrons. The lowest BCUT2D eigenvalue weighted by molar-refractivity contribution is -0.122. The molecule has 130 valence electrons. The Hall–Kier alpha value is -2.89. The van der Waals surface area contributed by atoms with Gasteiger partial charge in [0.15, 0.2) is 0 Å². The average Bonchev–Trinajstić information content (AvgIpc) is 3.24. The lowest BCUT2D eigenvalue weighted by atomic mass is 10.1. The smallest absolute Gasteiger partial charge is 0.274 e. The van der Waals surface area contributed by atoms with E-state index in [9.17, 15) is 4.79 Å². The van der Waals surface area contributed by atoms with Crippen molar-refractivity contribution in [2.24, 2.45) is 0 Å². The second kappa shape index (κ2) is 7.34. The van der Waals surface area contributed by atoms with E-state index in [-0.39, 0.29) is 18.5 Å². The van der Waals surface area contributed by atoms with E-state index in [0.717, 1.165) is 17.7 Å². The summed E-state index contributed by atoms with van der Waals surface area (Å²) in [4.78, 5) is 16.6. The third-order valence-electron chi connectivity index (χ3n) is 4.12. The van der Waals surface area contributed by atoms with Crippen molar-refractivity contribution < 1.29 is 9.32 Å². The van der Waals surface area contributed by atoms with Crippen molar-refractivity contribution in [3.63, 3.8) is 0 Å². The standard InChI is InChI=1S/C19H22N4O2/c1-4-14(3)20-17(24)12-23-11-5-6-16(23)19-21-18(22-25-19)15-9-7-13(2)8-10-15/h5-11,14H,4,12H2,1-3H3,(H,20,24)/t14-/m1/s1. The zero-order chi connectivity index (χ0) is 17.8. The number of aromatic nitrogens is 3. The van der Waals surface area contributed by atoms with Crippen molar-refractivity contribution in [3.05, 3.63) is 48.2 Å². The Morgan fingerprint density at radius 2 is 2.04 bits per heavy atom. The molecular formula is C19H22N4O2. The molecular weight excluding hydrogens is 316 g/mol. The Bertz CT molecular complexity index is 848. The van der Waals surface area contributed by atoms with Crippen molar-refractivity contribution in [1.29, 1.82) is 0 Å². The van der Waals surface area contributed by atoms with Gasteiger partial charge in [-0.15, -0.1) is 0 Å². The van der Waals surface area contributed by atoms with Crippen LogP contribution in [0.4, 0.5) is 0 Å². The molecule has 3 rings (SSSR count). The molecule has 6 nitrogen and oxygen atoms in total. The van der Waals surface area contributed by atoms with Gasteiger partial charge in [0.25, 0.3) is 5.89 Å². The number of carbonyl (C=O) groups is 1. The molecule has 3 aromatic rings. The van der Waals surface area contributed by atoms with Crippen molar-refractivity contribution >= 4 is 5.91 Å². The number of rotatable bonds is 6. The van der Waals surface area contributed by atoms with E-state index in [1.165, 1.54) is 5.56 Å². The summed E-state index contributed by atoms with van der Waals surface area (Å²) in [7, 11) is 0. The number of hydrogen-bond acceptors (Lipinski definition) is 4. The van der Waals surface area contributed by atoms with Crippen LogP contribution in [0.25, 0.3) is 23.0 Å². The minimum atomic E-state index is -0.0370. The average molecular weight is 338 g/mol. The fourth-order valence-electron chi connectivity index (χ4n) is 2.47. The maximum absolute atomic E-state index is 12.1. The highest BCUT2D eigenvalue weighted by Crippen LogP contribution is 2.23. The Balaban J connectivity index is 1.78. The van der Waals surface area contributed by atoms with Crippen LogP contribution in [0.1, 0.15) is 25.8 Å². The first-order chi connectivity index (χ1) is 12.1. The molecule has 0 aliphatic rings. The summed E-state index contributed by atoms with van der Waals surface area (Å²) in [6, 6.07) is 11.8. The van der Waals surface area contributed by atoms with E-state index < -0.39 is 0 Å². The third-order valence-corrected chi connectivity index (χ3v) is 4.12. The number of benzene rings is 1. The monoisotopic (exact) mass is 338 g/mol. The van der Waals surface area contributed by atoms with Crippen LogP contribution in [-0.4, -0.2) is 26.7 Å². The zero-order valence-electron chi connectivity index (χ0n) is 14.7. The van der Waals surface area contributed by atoms with Crippen LogP contribution in [0.3, 0.4) is 0 Å². The minimum Gasteiger partial charge on any atom is -0.352 e. The highest BCUT2D eigenvalue weighted by molar-refractivity contribution is 5.76. The molecule has 0 bridgehead atoms. The van der Waals surface area contributed by atoms with Crippen LogP contribution in [-0.2, 0) is 11.3 Å². The third kappa shape index (κ3) is 3.96. The van der Waals surface area contributed by atoms with Gasteiger partial charge in [-0.1, -0.05) is 41.9 Å². The van der Waals surface area contributed by atoms with Crippen LogP contribution in [0.2, 0.25) is 0 Å². The van der Waals surface area contributed by atoms with Crippen LogP contribution >= 0.6 is 0 Å². The van der Waals surface area contributed by atoms with E-state index >= 15 is 0 Å².